The summed E-state index contributed by atoms with van der Waals surface area (Å²) in [6.45, 7) is 0. The van der Waals surface area contributed by atoms with Crippen LogP contribution in [0.3, 0.4) is 0 Å². The summed E-state index contributed by atoms with van der Waals surface area (Å²) in [6, 6.07) is 1.43. The van der Waals surface area contributed by atoms with Crippen molar-refractivity contribution in [2.24, 2.45) is 5.73 Å². The standard InChI is InChI=1S/C11H12FN3O5/c12-6-1-3-9(15(19)20)8(5-6)14-11(18)7(13)2-4-10(16)17/h1,3,5,7H,2,4,13H2,(H,14,18)(H,16,17). The molecule has 1 unspecified atom stereocenters. The number of halogens is 1. The third kappa shape index (κ3) is 4.28. The van der Waals surface area contributed by atoms with Crippen molar-refractivity contribution in [3.63, 3.8) is 0 Å². The molecule has 0 saturated heterocycles. The molecule has 0 aliphatic heterocycles. The number of hydrogen-bond donors (Lipinski definition) is 3. The Kier molecular flexibility index (Phi) is 5.09. The highest BCUT2D eigenvalue weighted by Gasteiger charge is 2.20. The zero-order valence-electron chi connectivity index (χ0n) is 10.2. The van der Waals surface area contributed by atoms with Crippen molar-refractivity contribution in [2.45, 2.75) is 18.9 Å². The van der Waals surface area contributed by atoms with Gasteiger partial charge in [0.1, 0.15) is 11.5 Å². The quantitative estimate of drug-likeness (QED) is 0.524. The molecule has 8 nitrogen and oxygen atoms in total. The molecule has 4 N–H and O–H groups in total. The van der Waals surface area contributed by atoms with Crippen LogP contribution in [0.15, 0.2) is 18.2 Å². The minimum absolute atomic E-state index is 0.135. The molecule has 1 atom stereocenters. The topological polar surface area (TPSA) is 136 Å². The van der Waals surface area contributed by atoms with Gasteiger partial charge in [-0.05, 0) is 12.5 Å². The number of rotatable bonds is 6. The van der Waals surface area contributed by atoms with Gasteiger partial charge in [-0.15, -0.1) is 0 Å². The van der Waals surface area contributed by atoms with E-state index in [0.29, 0.717) is 0 Å². The Bertz CT molecular complexity index is 549. The Morgan fingerprint density at radius 1 is 1.50 bits per heavy atom. The summed E-state index contributed by atoms with van der Waals surface area (Å²) in [5, 5.41) is 21.3. The molecule has 0 radical (unpaired) electrons. The molecular formula is C11H12FN3O5. The Morgan fingerprint density at radius 2 is 2.15 bits per heavy atom. The predicted molar refractivity (Wildman–Crippen MR) is 66.5 cm³/mol. The van der Waals surface area contributed by atoms with Crippen LogP contribution in [0.25, 0.3) is 0 Å². The molecule has 0 spiro atoms. The molecule has 0 aliphatic carbocycles. The van der Waals surface area contributed by atoms with Gasteiger partial charge in [0.2, 0.25) is 5.91 Å². The molecular weight excluding hydrogens is 273 g/mol. The maximum absolute atomic E-state index is 13.0. The first-order valence-corrected chi connectivity index (χ1v) is 5.53. The number of benzene rings is 1. The first kappa shape index (κ1) is 15.5. The van der Waals surface area contributed by atoms with Crippen molar-refractivity contribution in [1.82, 2.24) is 0 Å². The van der Waals surface area contributed by atoms with Crippen LogP contribution in [0.5, 0.6) is 0 Å². The zero-order chi connectivity index (χ0) is 15.3. The number of amides is 1. The lowest BCUT2D eigenvalue weighted by Gasteiger charge is -2.11. The van der Waals surface area contributed by atoms with Crippen LogP contribution < -0.4 is 11.1 Å². The Balaban J connectivity index is 2.81. The number of aliphatic carboxylic acids is 1. The molecule has 1 aromatic carbocycles. The van der Waals surface area contributed by atoms with Crippen LogP contribution in [0.1, 0.15) is 12.8 Å². The van der Waals surface area contributed by atoms with Gasteiger partial charge in [-0.1, -0.05) is 0 Å². The number of nitrogens with one attached hydrogen (secondary N) is 1. The molecule has 0 aliphatic rings. The first-order chi connectivity index (χ1) is 9.31. The summed E-state index contributed by atoms with van der Waals surface area (Å²) in [7, 11) is 0. The van der Waals surface area contributed by atoms with Gasteiger partial charge in [-0.2, -0.15) is 0 Å². The predicted octanol–water partition coefficient (Wildman–Crippen LogP) is 0.865. The second-order valence-corrected chi connectivity index (χ2v) is 3.95. The lowest BCUT2D eigenvalue weighted by Crippen LogP contribution is -2.36. The normalized spacial score (nSPS) is 11.7. The second-order valence-electron chi connectivity index (χ2n) is 3.95. The van der Waals surface area contributed by atoms with Crippen LogP contribution >= 0.6 is 0 Å². The van der Waals surface area contributed by atoms with E-state index in [9.17, 15) is 24.1 Å². The van der Waals surface area contributed by atoms with E-state index in [2.05, 4.69) is 5.32 Å². The lowest BCUT2D eigenvalue weighted by molar-refractivity contribution is -0.384. The highest BCUT2D eigenvalue weighted by Crippen LogP contribution is 2.25. The summed E-state index contributed by atoms with van der Waals surface area (Å²) in [6.07, 6.45) is -0.454. The van der Waals surface area contributed by atoms with Crippen molar-refractivity contribution in [1.29, 1.82) is 0 Å². The molecule has 9 heteroatoms. The number of nitro groups is 1. The molecule has 0 fully saturated rings. The fraction of sp³-hybridized carbons (Fsp3) is 0.273. The van der Waals surface area contributed by atoms with Crippen molar-refractivity contribution in [2.75, 3.05) is 5.32 Å². The summed E-state index contributed by atoms with van der Waals surface area (Å²) in [5.74, 6) is -2.70. The minimum atomic E-state index is -1.16. The maximum atomic E-state index is 13.0. The van der Waals surface area contributed by atoms with E-state index >= 15 is 0 Å². The number of anilines is 1. The average Bonchev–Trinajstić information content (AvgIpc) is 2.35. The van der Waals surface area contributed by atoms with E-state index in [1.54, 1.807) is 0 Å². The van der Waals surface area contributed by atoms with E-state index < -0.39 is 34.3 Å². The van der Waals surface area contributed by atoms with Gasteiger partial charge in [-0.3, -0.25) is 19.7 Å². The number of carboxylic acids is 1. The monoisotopic (exact) mass is 285 g/mol. The maximum Gasteiger partial charge on any atom is 0.303 e. The van der Waals surface area contributed by atoms with E-state index in [1.165, 1.54) is 0 Å². The number of carboxylic acid groups (broad SMARTS) is 1. The molecule has 1 amide bonds. The third-order valence-electron chi connectivity index (χ3n) is 2.42. The van der Waals surface area contributed by atoms with Crippen molar-refractivity contribution in [3.05, 3.63) is 34.1 Å². The number of nitrogens with zero attached hydrogens (tertiary/aromatic N) is 1. The Labute approximate surface area is 112 Å². The van der Waals surface area contributed by atoms with E-state index in [4.69, 9.17) is 10.8 Å². The number of carbonyl (C=O) groups is 2. The van der Waals surface area contributed by atoms with E-state index in [-0.39, 0.29) is 18.5 Å². The molecule has 20 heavy (non-hydrogen) atoms. The van der Waals surface area contributed by atoms with Gasteiger partial charge < -0.3 is 16.2 Å². The largest absolute Gasteiger partial charge is 0.481 e. The molecule has 0 bridgehead atoms. The second kappa shape index (κ2) is 6.57. The van der Waals surface area contributed by atoms with Crippen LogP contribution in [0.2, 0.25) is 0 Å². The van der Waals surface area contributed by atoms with Gasteiger partial charge in [0.25, 0.3) is 5.69 Å². The van der Waals surface area contributed by atoms with Gasteiger partial charge >= 0.3 is 5.97 Å². The first-order valence-electron chi connectivity index (χ1n) is 5.53. The third-order valence-corrected chi connectivity index (χ3v) is 2.42. The van der Waals surface area contributed by atoms with Gasteiger partial charge in [0, 0.05) is 18.6 Å². The van der Waals surface area contributed by atoms with Crippen molar-refractivity contribution < 1.29 is 24.0 Å². The smallest absolute Gasteiger partial charge is 0.303 e. The number of nitro benzene ring substituents is 1. The number of nitrogens with two attached hydrogens (primary N) is 1. The fourth-order valence-electron chi connectivity index (χ4n) is 1.40. The van der Waals surface area contributed by atoms with Crippen molar-refractivity contribution >= 4 is 23.3 Å². The van der Waals surface area contributed by atoms with Gasteiger partial charge in [-0.25, -0.2) is 4.39 Å². The highest BCUT2D eigenvalue weighted by molar-refractivity contribution is 5.96. The summed E-state index contributed by atoms with van der Waals surface area (Å²) in [5.41, 5.74) is 4.63. The van der Waals surface area contributed by atoms with Crippen LogP contribution in [0.4, 0.5) is 15.8 Å². The Morgan fingerprint density at radius 3 is 2.70 bits per heavy atom. The summed E-state index contributed by atoms with van der Waals surface area (Å²) < 4.78 is 13.0. The summed E-state index contributed by atoms with van der Waals surface area (Å²) in [4.78, 5) is 31.9. The van der Waals surface area contributed by atoms with Crippen LogP contribution in [-0.4, -0.2) is 27.9 Å². The van der Waals surface area contributed by atoms with Crippen LogP contribution in [-0.2, 0) is 9.59 Å². The SMILES string of the molecule is NC(CCC(=O)O)C(=O)Nc1cc(F)ccc1[N+](=O)[O-]. The zero-order valence-corrected chi connectivity index (χ0v) is 10.2. The molecule has 108 valence electrons. The summed E-state index contributed by atoms with van der Waals surface area (Å²) >= 11 is 0. The minimum Gasteiger partial charge on any atom is -0.481 e. The van der Waals surface area contributed by atoms with Crippen LogP contribution in [0, 0.1) is 15.9 Å². The molecule has 0 saturated carbocycles. The Hall–Kier alpha value is -2.55. The molecule has 1 aromatic rings. The fourth-order valence-corrected chi connectivity index (χ4v) is 1.40. The van der Waals surface area contributed by atoms with E-state index in [0.717, 1.165) is 18.2 Å². The average molecular weight is 285 g/mol. The van der Waals surface area contributed by atoms with Gasteiger partial charge in [0.15, 0.2) is 0 Å². The number of hydrogen-bond acceptors (Lipinski definition) is 5. The molecule has 0 heterocycles. The number of carbonyl (C=O) groups excluding carboxylic acids is 1. The lowest BCUT2D eigenvalue weighted by atomic mass is 10.1. The molecule has 0 aromatic heterocycles. The van der Waals surface area contributed by atoms with E-state index in [1.807, 2.05) is 0 Å². The molecule has 1 rings (SSSR count). The van der Waals surface area contributed by atoms with Crippen molar-refractivity contribution in [3.8, 4) is 0 Å². The van der Waals surface area contributed by atoms with Gasteiger partial charge in [0.05, 0.1) is 11.0 Å². The highest BCUT2D eigenvalue weighted by atomic mass is 19.1.